The number of benzene rings is 1. The molecule has 2 N–H and O–H groups in total. The number of halogens is 5. The van der Waals surface area contributed by atoms with E-state index in [1.54, 1.807) is 4.90 Å². The second-order valence-electron chi connectivity index (χ2n) is 10.1. The van der Waals surface area contributed by atoms with Crippen molar-refractivity contribution in [1.82, 2.24) is 20.0 Å². The third-order valence-electron chi connectivity index (χ3n) is 7.17. The number of piperidine rings is 1. The molecule has 2 fully saturated rings. The van der Waals surface area contributed by atoms with Crippen LogP contribution >= 0.6 is 0 Å². The minimum Gasteiger partial charge on any atom is -0.481 e. The van der Waals surface area contributed by atoms with Crippen molar-refractivity contribution in [3.8, 4) is 11.3 Å². The topological polar surface area (TPSA) is 87.5 Å². The fourth-order valence-electron chi connectivity index (χ4n) is 5.36. The van der Waals surface area contributed by atoms with E-state index in [2.05, 4.69) is 10.4 Å². The number of alkyl halides is 5. The Labute approximate surface area is 217 Å². The molecule has 4 rings (SSSR count). The monoisotopic (exact) mass is 542 g/mol. The summed E-state index contributed by atoms with van der Waals surface area (Å²) in [6.45, 7) is 0.208. The number of carboxylic acid groups (broad SMARTS) is 1. The third-order valence-corrected chi connectivity index (χ3v) is 7.17. The molecule has 1 amide bonds. The van der Waals surface area contributed by atoms with E-state index >= 15 is 0 Å². The van der Waals surface area contributed by atoms with Crippen LogP contribution in [0.3, 0.4) is 0 Å². The number of hydrogen-bond donors (Lipinski definition) is 2. The summed E-state index contributed by atoms with van der Waals surface area (Å²) in [5.74, 6) is -4.70. The molecule has 2 aromatic rings. The van der Waals surface area contributed by atoms with Crippen molar-refractivity contribution in [3.05, 3.63) is 41.6 Å². The van der Waals surface area contributed by atoms with Gasteiger partial charge in [-0.15, -0.1) is 0 Å². The maximum Gasteiger partial charge on any atom is 0.417 e. The number of nitrogens with one attached hydrogen (secondary N) is 1. The molecule has 0 radical (unpaired) electrons. The lowest BCUT2D eigenvalue weighted by Crippen LogP contribution is -2.45. The first kappa shape index (κ1) is 28.0. The zero-order valence-corrected chi connectivity index (χ0v) is 20.8. The average molecular weight is 543 g/mol. The van der Waals surface area contributed by atoms with Gasteiger partial charge in [0.1, 0.15) is 0 Å². The highest BCUT2D eigenvalue weighted by Gasteiger charge is 2.36. The molecule has 1 aliphatic heterocycles. The largest absolute Gasteiger partial charge is 0.481 e. The lowest BCUT2D eigenvalue weighted by molar-refractivity contribution is -0.138. The summed E-state index contributed by atoms with van der Waals surface area (Å²) in [6, 6.07) is 5.39. The van der Waals surface area contributed by atoms with Crippen LogP contribution in [-0.2, 0) is 11.0 Å². The highest BCUT2D eigenvalue weighted by molar-refractivity contribution is 5.94. The smallest absolute Gasteiger partial charge is 0.417 e. The molecule has 208 valence electrons. The minimum atomic E-state index is -4.61. The lowest BCUT2D eigenvalue weighted by Gasteiger charge is -2.33. The number of carbonyl (C=O) groups excluding carboxylic acids is 1. The maximum absolute atomic E-state index is 13.8. The Morgan fingerprint density at radius 1 is 1.16 bits per heavy atom. The number of carboxylic acids is 1. The van der Waals surface area contributed by atoms with Crippen LogP contribution in [0.15, 0.2) is 30.3 Å². The van der Waals surface area contributed by atoms with Gasteiger partial charge in [0, 0.05) is 24.6 Å². The molecule has 38 heavy (non-hydrogen) atoms. The van der Waals surface area contributed by atoms with Gasteiger partial charge < -0.3 is 10.4 Å². The van der Waals surface area contributed by atoms with Crippen molar-refractivity contribution >= 4 is 11.9 Å². The second kappa shape index (κ2) is 11.4. The Morgan fingerprint density at radius 2 is 1.87 bits per heavy atom. The van der Waals surface area contributed by atoms with Crippen LogP contribution in [0.2, 0.25) is 0 Å². The molecule has 12 heteroatoms. The van der Waals surface area contributed by atoms with Gasteiger partial charge in [-0.1, -0.05) is 31.0 Å². The quantitative estimate of drug-likeness (QED) is 0.416. The first-order chi connectivity index (χ1) is 17.9. The molecule has 1 aromatic heterocycles. The number of likely N-dealkylation sites (tertiary alicyclic amines) is 1. The Balaban J connectivity index is 1.57. The molecule has 1 aliphatic carbocycles. The third kappa shape index (κ3) is 6.89. The van der Waals surface area contributed by atoms with E-state index in [0.29, 0.717) is 25.8 Å². The number of aliphatic carboxylic acids is 1. The highest BCUT2D eigenvalue weighted by Crippen LogP contribution is 2.40. The first-order valence-corrected chi connectivity index (χ1v) is 12.8. The summed E-state index contributed by atoms with van der Waals surface area (Å²) in [4.78, 5) is 26.1. The number of rotatable bonds is 9. The molecule has 1 atom stereocenters. The predicted octanol–water partition coefficient (Wildman–Crippen LogP) is 5.38. The SMILES string of the molecule is O=C(O)CC(CCN1CCCC(F)(F)C1)NC(=O)c1cc(-c2ccccc2C(F)(F)F)n(C2CCCC2)n1. The lowest BCUT2D eigenvalue weighted by atomic mass is 10.0. The first-order valence-electron chi connectivity index (χ1n) is 12.8. The molecule has 1 unspecified atom stereocenters. The average Bonchev–Trinajstić information content (AvgIpc) is 3.51. The standard InChI is InChI=1S/C26H31F5N4O3/c27-25(28)11-5-12-34(16-25)13-10-17(14-23(36)37)32-24(38)21-15-22(35(33-21)18-6-1-2-7-18)19-8-3-4-9-20(19)26(29,30)31/h3-4,8-9,15,17-18H,1-2,5-7,10-14,16H2,(H,32,38)(H,36,37). The van der Waals surface area contributed by atoms with Crippen LogP contribution < -0.4 is 5.32 Å². The van der Waals surface area contributed by atoms with Crippen LogP contribution in [0.25, 0.3) is 11.3 Å². The van der Waals surface area contributed by atoms with Crippen LogP contribution in [0, 0.1) is 0 Å². The summed E-state index contributed by atoms with van der Waals surface area (Å²) in [5.41, 5.74) is -0.885. The normalized spacial score (nSPS) is 19.4. The number of carbonyl (C=O) groups is 2. The molecule has 7 nitrogen and oxygen atoms in total. The molecule has 1 saturated heterocycles. The van der Waals surface area contributed by atoms with Gasteiger partial charge in [0.25, 0.3) is 11.8 Å². The van der Waals surface area contributed by atoms with Gasteiger partial charge in [-0.05, 0) is 44.4 Å². The van der Waals surface area contributed by atoms with Gasteiger partial charge in [0.05, 0.1) is 30.3 Å². The van der Waals surface area contributed by atoms with Gasteiger partial charge in [-0.3, -0.25) is 19.2 Å². The number of nitrogens with zero attached hydrogens (tertiary/aromatic N) is 3. The summed E-state index contributed by atoms with van der Waals surface area (Å²) >= 11 is 0. The van der Waals surface area contributed by atoms with Crippen molar-refractivity contribution in [2.75, 3.05) is 19.6 Å². The zero-order valence-electron chi connectivity index (χ0n) is 20.8. The van der Waals surface area contributed by atoms with E-state index in [-0.39, 0.29) is 42.4 Å². The highest BCUT2D eigenvalue weighted by atomic mass is 19.4. The number of aromatic nitrogens is 2. The fourth-order valence-corrected chi connectivity index (χ4v) is 5.36. The Hall–Kier alpha value is -3.02. The van der Waals surface area contributed by atoms with Crippen LogP contribution in [0.5, 0.6) is 0 Å². The van der Waals surface area contributed by atoms with Gasteiger partial charge in [0.2, 0.25) is 0 Å². The molecule has 0 bridgehead atoms. The Morgan fingerprint density at radius 3 is 2.53 bits per heavy atom. The Kier molecular flexibility index (Phi) is 8.39. The van der Waals surface area contributed by atoms with E-state index in [1.807, 2.05) is 0 Å². The van der Waals surface area contributed by atoms with Crippen LogP contribution in [0.1, 0.15) is 73.5 Å². The molecular formula is C26H31F5N4O3. The van der Waals surface area contributed by atoms with Crippen molar-refractivity contribution in [3.63, 3.8) is 0 Å². The maximum atomic E-state index is 13.8. The van der Waals surface area contributed by atoms with Crippen molar-refractivity contribution in [2.24, 2.45) is 0 Å². The zero-order chi connectivity index (χ0) is 27.5. The van der Waals surface area contributed by atoms with Crippen molar-refractivity contribution in [1.29, 1.82) is 0 Å². The van der Waals surface area contributed by atoms with Crippen molar-refractivity contribution < 1.29 is 36.6 Å². The summed E-state index contributed by atoms with van der Waals surface area (Å²) in [5, 5.41) is 16.3. The van der Waals surface area contributed by atoms with E-state index in [9.17, 15) is 36.6 Å². The van der Waals surface area contributed by atoms with Crippen LogP contribution in [-0.4, -0.2) is 63.3 Å². The van der Waals surface area contributed by atoms with Gasteiger partial charge in [0.15, 0.2) is 5.69 Å². The second-order valence-corrected chi connectivity index (χ2v) is 10.1. The Bertz CT molecular complexity index is 1140. The molecule has 1 saturated carbocycles. The van der Waals surface area contributed by atoms with Crippen LogP contribution in [0.4, 0.5) is 22.0 Å². The van der Waals surface area contributed by atoms with E-state index in [1.165, 1.54) is 28.9 Å². The van der Waals surface area contributed by atoms with Gasteiger partial charge >= 0.3 is 12.1 Å². The minimum absolute atomic E-state index is 0.0911. The van der Waals surface area contributed by atoms with E-state index in [4.69, 9.17) is 0 Å². The molecular weight excluding hydrogens is 511 g/mol. The van der Waals surface area contributed by atoms with Crippen molar-refractivity contribution in [2.45, 2.75) is 75.5 Å². The number of amides is 1. The molecule has 1 aromatic carbocycles. The summed E-state index contributed by atoms with van der Waals surface area (Å²) in [7, 11) is 0. The fraction of sp³-hybridized carbons (Fsp3) is 0.577. The van der Waals surface area contributed by atoms with E-state index < -0.39 is 48.5 Å². The molecule has 2 aliphatic rings. The molecule has 2 heterocycles. The van der Waals surface area contributed by atoms with E-state index in [0.717, 1.165) is 18.9 Å². The summed E-state index contributed by atoms with van der Waals surface area (Å²) < 4.78 is 70.3. The number of hydrogen-bond acceptors (Lipinski definition) is 4. The van der Waals surface area contributed by atoms with Gasteiger partial charge in [-0.25, -0.2) is 8.78 Å². The van der Waals surface area contributed by atoms with Gasteiger partial charge in [-0.2, -0.15) is 18.3 Å². The predicted molar refractivity (Wildman–Crippen MR) is 129 cm³/mol. The summed E-state index contributed by atoms with van der Waals surface area (Å²) in [6.07, 6.45) is -1.57. The molecule has 0 spiro atoms.